The zero-order valence-corrected chi connectivity index (χ0v) is 21.3. The summed E-state index contributed by atoms with van der Waals surface area (Å²) in [7, 11) is 1.24. The van der Waals surface area contributed by atoms with Crippen molar-refractivity contribution in [3.63, 3.8) is 0 Å². The Balaban J connectivity index is 1.93. The van der Waals surface area contributed by atoms with Gasteiger partial charge in [-0.05, 0) is 47.7 Å². The van der Waals surface area contributed by atoms with E-state index in [1.165, 1.54) is 24.1 Å². The number of hydrogen-bond donors (Lipinski definition) is 1. The van der Waals surface area contributed by atoms with E-state index in [4.69, 9.17) is 4.74 Å². The molecule has 1 aliphatic heterocycles. The number of Topliss-reactive ketones (excluding diaryl/α,β-unsaturated/α-hetero) is 1. The number of halogens is 1. The first-order valence-corrected chi connectivity index (χ1v) is 12.0. The molecule has 1 fully saturated rings. The summed E-state index contributed by atoms with van der Waals surface area (Å²) in [6.45, 7) is 7.80. The molecule has 1 saturated heterocycles. The Labute approximate surface area is 211 Å². The van der Waals surface area contributed by atoms with Gasteiger partial charge in [0.15, 0.2) is 5.13 Å². The molecule has 3 aromatic rings. The van der Waals surface area contributed by atoms with Gasteiger partial charge >= 0.3 is 11.9 Å². The maximum atomic E-state index is 13.5. The highest BCUT2D eigenvalue weighted by Gasteiger charge is 2.48. The van der Waals surface area contributed by atoms with Crippen LogP contribution in [0.2, 0.25) is 0 Å². The molecule has 1 aliphatic rings. The molecule has 0 spiro atoms. The molecule has 7 nitrogen and oxygen atoms in total. The third-order valence-corrected chi connectivity index (χ3v) is 7.15. The van der Waals surface area contributed by atoms with Crippen LogP contribution in [-0.2, 0) is 19.7 Å². The number of methoxy groups -OCH3 is 1. The van der Waals surface area contributed by atoms with E-state index in [1.54, 1.807) is 19.1 Å². The number of ketones is 1. The van der Waals surface area contributed by atoms with E-state index in [9.17, 15) is 23.9 Å². The van der Waals surface area contributed by atoms with Crippen LogP contribution < -0.4 is 4.90 Å². The summed E-state index contributed by atoms with van der Waals surface area (Å²) in [5.74, 6) is -3.34. The van der Waals surface area contributed by atoms with E-state index in [-0.39, 0.29) is 26.6 Å². The fraction of sp³-hybridized carbons (Fsp3) is 0.259. The highest BCUT2D eigenvalue weighted by atomic mass is 32.1. The molecule has 0 radical (unpaired) electrons. The van der Waals surface area contributed by atoms with E-state index in [0.29, 0.717) is 11.3 Å². The third-order valence-electron chi connectivity index (χ3n) is 6.02. The van der Waals surface area contributed by atoms with Gasteiger partial charge in [0.05, 0.1) is 24.4 Å². The third kappa shape index (κ3) is 4.42. The zero-order valence-electron chi connectivity index (χ0n) is 20.5. The van der Waals surface area contributed by atoms with E-state index in [0.717, 1.165) is 29.0 Å². The second kappa shape index (κ2) is 9.31. The second-order valence-corrected chi connectivity index (χ2v) is 10.4. The summed E-state index contributed by atoms with van der Waals surface area (Å²) in [4.78, 5) is 44.5. The van der Waals surface area contributed by atoms with Crippen LogP contribution in [0.4, 0.5) is 9.52 Å². The molecule has 0 aliphatic carbocycles. The quantitative estimate of drug-likeness (QED) is 0.222. The number of rotatable bonds is 4. The highest BCUT2D eigenvalue weighted by molar-refractivity contribution is 7.17. The van der Waals surface area contributed by atoms with Gasteiger partial charge in [-0.3, -0.25) is 14.5 Å². The molecule has 1 atom stereocenters. The number of carbonyl (C=O) groups excluding carboxylic acids is 3. The number of nitrogens with zero attached hydrogens (tertiary/aromatic N) is 2. The molecule has 1 aromatic heterocycles. The number of aliphatic hydroxyl groups is 1. The maximum absolute atomic E-state index is 13.5. The van der Waals surface area contributed by atoms with Crippen molar-refractivity contribution in [3.05, 3.63) is 87.2 Å². The first kappa shape index (κ1) is 25.2. The summed E-state index contributed by atoms with van der Waals surface area (Å²) in [6, 6.07) is 11.4. The molecule has 2 heterocycles. The molecule has 186 valence electrons. The number of benzene rings is 2. The fourth-order valence-corrected chi connectivity index (χ4v) is 5.05. The Hall–Kier alpha value is -3.85. The molecule has 1 amide bonds. The standard InChI is InChI=1S/C27H25FN2O5S/c1-14-23(25(34)35-5)36-26(29-14)30-20(15-6-10-17(11-7-15)27(2,3)4)19(22(32)24(30)33)21(31)16-8-12-18(28)13-9-16/h6-13,20,31H,1-5H3/b21-19+/t20-/m0/s1. The average molecular weight is 509 g/mol. The molecule has 36 heavy (non-hydrogen) atoms. The number of anilines is 1. The molecule has 9 heteroatoms. The summed E-state index contributed by atoms with van der Waals surface area (Å²) < 4.78 is 18.3. The minimum absolute atomic E-state index is 0.123. The van der Waals surface area contributed by atoms with Crippen molar-refractivity contribution in [3.8, 4) is 0 Å². The highest BCUT2D eigenvalue weighted by Crippen LogP contribution is 2.44. The number of esters is 1. The number of amides is 1. The largest absolute Gasteiger partial charge is 0.507 e. The van der Waals surface area contributed by atoms with Gasteiger partial charge < -0.3 is 9.84 Å². The summed E-state index contributed by atoms with van der Waals surface area (Å²) in [6.07, 6.45) is 0. The van der Waals surface area contributed by atoms with Crippen molar-refractivity contribution in [1.82, 2.24) is 4.98 Å². The lowest BCUT2D eigenvalue weighted by Gasteiger charge is -2.24. The van der Waals surface area contributed by atoms with Gasteiger partial charge in [-0.2, -0.15) is 0 Å². The normalized spacial score (nSPS) is 17.5. The van der Waals surface area contributed by atoms with Crippen LogP contribution in [0.5, 0.6) is 0 Å². The predicted octanol–water partition coefficient (Wildman–Crippen LogP) is 5.30. The molecule has 0 unspecified atom stereocenters. The van der Waals surface area contributed by atoms with Crippen LogP contribution in [0.15, 0.2) is 54.1 Å². The number of ether oxygens (including phenoxy) is 1. The number of aliphatic hydroxyl groups excluding tert-OH is 1. The van der Waals surface area contributed by atoms with Crippen LogP contribution in [0.25, 0.3) is 5.76 Å². The Morgan fingerprint density at radius 2 is 1.69 bits per heavy atom. The summed E-state index contributed by atoms with van der Waals surface area (Å²) in [5.41, 5.74) is 1.87. The topological polar surface area (TPSA) is 96.8 Å². The van der Waals surface area contributed by atoms with Gasteiger partial charge in [0.1, 0.15) is 16.5 Å². The monoisotopic (exact) mass is 508 g/mol. The molecule has 0 saturated carbocycles. The lowest BCUT2D eigenvalue weighted by atomic mass is 9.85. The second-order valence-electron chi connectivity index (χ2n) is 9.45. The van der Waals surface area contributed by atoms with Crippen LogP contribution in [0, 0.1) is 12.7 Å². The minimum Gasteiger partial charge on any atom is -0.507 e. The van der Waals surface area contributed by atoms with Crippen molar-refractivity contribution in [1.29, 1.82) is 0 Å². The molecule has 2 aromatic carbocycles. The van der Waals surface area contributed by atoms with Crippen molar-refractivity contribution in [2.24, 2.45) is 0 Å². The van der Waals surface area contributed by atoms with E-state index in [2.05, 4.69) is 25.8 Å². The van der Waals surface area contributed by atoms with Gasteiger partial charge in [-0.1, -0.05) is 56.4 Å². The van der Waals surface area contributed by atoms with Gasteiger partial charge in [0.2, 0.25) is 0 Å². The summed E-state index contributed by atoms with van der Waals surface area (Å²) >= 11 is 0.926. The minimum atomic E-state index is -1.01. The SMILES string of the molecule is COC(=O)c1sc(N2C(=O)C(=O)/C(=C(/O)c3ccc(F)cc3)[C@@H]2c2ccc(C(C)(C)C)cc2)nc1C. The molecular formula is C27H25FN2O5S. The Morgan fingerprint density at radius 3 is 2.25 bits per heavy atom. The maximum Gasteiger partial charge on any atom is 0.350 e. The van der Waals surface area contributed by atoms with Crippen LogP contribution in [0.3, 0.4) is 0 Å². The number of aryl methyl sites for hydroxylation is 1. The predicted molar refractivity (Wildman–Crippen MR) is 135 cm³/mol. The average Bonchev–Trinajstić information content (AvgIpc) is 3.35. The molecule has 0 bridgehead atoms. The number of carbonyl (C=O) groups is 3. The van der Waals surface area contributed by atoms with Crippen LogP contribution >= 0.6 is 11.3 Å². The first-order valence-electron chi connectivity index (χ1n) is 11.2. The summed E-state index contributed by atoms with van der Waals surface area (Å²) in [5, 5.41) is 11.3. The lowest BCUT2D eigenvalue weighted by molar-refractivity contribution is -0.132. The van der Waals surface area contributed by atoms with Gasteiger partial charge in [-0.25, -0.2) is 14.2 Å². The Kier molecular flexibility index (Phi) is 6.53. The van der Waals surface area contributed by atoms with Gasteiger partial charge in [0, 0.05) is 5.56 Å². The van der Waals surface area contributed by atoms with Crippen molar-refractivity contribution in [2.75, 3.05) is 12.0 Å². The van der Waals surface area contributed by atoms with Crippen molar-refractivity contribution >= 4 is 39.9 Å². The van der Waals surface area contributed by atoms with Crippen molar-refractivity contribution in [2.45, 2.75) is 39.2 Å². The number of thiazole rings is 1. The Bertz CT molecular complexity index is 1390. The van der Waals surface area contributed by atoms with E-state index in [1.807, 2.05) is 12.1 Å². The molecule has 4 rings (SSSR count). The van der Waals surface area contributed by atoms with Gasteiger partial charge in [-0.15, -0.1) is 0 Å². The van der Waals surface area contributed by atoms with Crippen molar-refractivity contribution < 1.29 is 28.6 Å². The number of hydrogen-bond acceptors (Lipinski definition) is 7. The van der Waals surface area contributed by atoms with E-state index >= 15 is 0 Å². The van der Waals surface area contributed by atoms with E-state index < -0.39 is 35.3 Å². The zero-order chi connectivity index (χ0) is 26.4. The number of aromatic nitrogens is 1. The molecule has 1 N–H and O–H groups in total. The smallest absolute Gasteiger partial charge is 0.350 e. The molecular weight excluding hydrogens is 483 g/mol. The lowest BCUT2D eigenvalue weighted by Crippen LogP contribution is -2.29. The first-order chi connectivity index (χ1) is 16.9. The van der Waals surface area contributed by atoms with Gasteiger partial charge in [0.25, 0.3) is 5.78 Å². The van der Waals surface area contributed by atoms with Crippen LogP contribution in [0.1, 0.15) is 58.9 Å². The van der Waals surface area contributed by atoms with Crippen LogP contribution in [-0.4, -0.2) is 34.9 Å². The Morgan fingerprint density at radius 1 is 1.08 bits per heavy atom. The fourth-order valence-electron chi connectivity index (χ4n) is 4.04.